The lowest BCUT2D eigenvalue weighted by atomic mass is 9.90. The molecule has 1 nitrogen and oxygen atoms in total. The highest BCUT2D eigenvalue weighted by molar-refractivity contribution is 5.75. The monoisotopic (exact) mass is 306 g/mol. The van der Waals surface area contributed by atoms with E-state index < -0.39 is 0 Å². The molecule has 0 heterocycles. The van der Waals surface area contributed by atoms with Crippen molar-refractivity contribution in [3.8, 4) is 0 Å². The minimum atomic E-state index is 0.347. The number of rotatable bonds is 13. The van der Waals surface area contributed by atoms with Gasteiger partial charge in [0.15, 0.2) is 0 Å². The van der Waals surface area contributed by atoms with E-state index in [9.17, 15) is 4.79 Å². The number of allylic oxidation sites excluding steroid dienone is 2. The second-order valence-electron chi connectivity index (χ2n) is 7.29. The summed E-state index contributed by atoms with van der Waals surface area (Å²) in [5.74, 6) is 2.16. The van der Waals surface area contributed by atoms with Crippen LogP contribution in [0.15, 0.2) is 12.2 Å². The van der Waals surface area contributed by atoms with E-state index in [1.165, 1.54) is 77.0 Å². The number of hydrogen-bond donors (Lipinski definition) is 0. The van der Waals surface area contributed by atoms with Crippen LogP contribution in [0.3, 0.4) is 0 Å². The lowest BCUT2D eigenvalue weighted by molar-refractivity contribution is -0.117. The maximum Gasteiger partial charge on any atom is 0.129 e. The summed E-state index contributed by atoms with van der Waals surface area (Å²) < 4.78 is 0. The first-order valence-electron chi connectivity index (χ1n) is 9.90. The predicted octanol–water partition coefficient (Wildman–Crippen LogP) is 6.86. The molecule has 0 radical (unpaired) electrons. The SMILES string of the molecule is CCCCCC/C=C/C1CCCC1CCCCCCC(C)=O. The summed E-state index contributed by atoms with van der Waals surface area (Å²) in [6.07, 6.45) is 23.3. The smallest absolute Gasteiger partial charge is 0.129 e. The molecule has 2 unspecified atom stereocenters. The number of ketones is 1. The van der Waals surface area contributed by atoms with Crippen molar-refractivity contribution in [1.29, 1.82) is 0 Å². The highest BCUT2D eigenvalue weighted by Crippen LogP contribution is 2.36. The Bertz CT molecular complexity index is 305. The summed E-state index contributed by atoms with van der Waals surface area (Å²) in [5, 5.41) is 0. The Morgan fingerprint density at radius 3 is 2.55 bits per heavy atom. The van der Waals surface area contributed by atoms with Gasteiger partial charge in [0.1, 0.15) is 5.78 Å². The van der Waals surface area contributed by atoms with E-state index in [0.29, 0.717) is 5.78 Å². The van der Waals surface area contributed by atoms with Gasteiger partial charge in [-0.1, -0.05) is 64.0 Å². The Labute approximate surface area is 139 Å². The van der Waals surface area contributed by atoms with Gasteiger partial charge in [-0.2, -0.15) is 0 Å². The minimum absolute atomic E-state index is 0.347. The maximum atomic E-state index is 10.9. The Balaban J connectivity index is 2.07. The third kappa shape index (κ3) is 9.43. The topological polar surface area (TPSA) is 17.1 Å². The van der Waals surface area contributed by atoms with E-state index in [1.807, 2.05) is 0 Å². The molecule has 128 valence electrons. The molecule has 1 rings (SSSR count). The first-order chi connectivity index (χ1) is 10.7. The molecule has 0 aliphatic heterocycles. The fourth-order valence-corrected chi connectivity index (χ4v) is 3.77. The van der Waals surface area contributed by atoms with Crippen molar-refractivity contribution in [3.05, 3.63) is 12.2 Å². The molecule has 0 spiro atoms. The molecule has 1 fully saturated rings. The second-order valence-corrected chi connectivity index (χ2v) is 7.29. The van der Waals surface area contributed by atoms with E-state index >= 15 is 0 Å². The zero-order chi connectivity index (χ0) is 16.0. The van der Waals surface area contributed by atoms with Crippen LogP contribution in [-0.2, 0) is 4.79 Å². The van der Waals surface area contributed by atoms with Crippen LogP contribution in [0.25, 0.3) is 0 Å². The van der Waals surface area contributed by atoms with Crippen LogP contribution in [-0.4, -0.2) is 5.78 Å². The molecule has 1 heteroatoms. The molecule has 1 aliphatic carbocycles. The van der Waals surface area contributed by atoms with Crippen LogP contribution < -0.4 is 0 Å². The molecular formula is C21H38O. The molecule has 2 atom stereocenters. The Kier molecular flexibility index (Phi) is 11.4. The number of carbonyl (C=O) groups excluding carboxylic acids is 1. The summed E-state index contributed by atoms with van der Waals surface area (Å²) in [7, 11) is 0. The quantitative estimate of drug-likeness (QED) is 0.268. The first kappa shape index (κ1) is 19.5. The van der Waals surface area contributed by atoms with Crippen molar-refractivity contribution < 1.29 is 4.79 Å². The number of carbonyl (C=O) groups is 1. The number of unbranched alkanes of at least 4 members (excludes halogenated alkanes) is 7. The van der Waals surface area contributed by atoms with Crippen LogP contribution in [0.5, 0.6) is 0 Å². The van der Waals surface area contributed by atoms with E-state index in [0.717, 1.165) is 24.7 Å². The Morgan fingerprint density at radius 2 is 1.77 bits per heavy atom. The molecule has 0 aromatic heterocycles. The molecule has 22 heavy (non-hydrogen) atoms. The summed E-state index contributed by atoms with van der Waals surface area (Å²) in [6, 6.07) is 0. The van der Waals surface area contributed by atoms with Crippen molar-refractivity contribution in [2.75, 3.05) is 0 Å². The van der Waals surface area contributed by atoms with Crippen molar-refractivity contribution in [3.63, 3.8) is 0 Å². The van der Waals surface area contributed by atoms with Crippen LogP contribution in [0, 0.1) is 11.8 Å². The van der Waals surface area contributed by atoms with Gasteiger partial charge in [0.05, 0.1) is 0 Å². The maximum absolute atomic E-state index is 10.9. The summed E-state index contributed by atoms with van der Waals surface area (Å²) in [6.45, 7) is 3.98. The van der Waals surface area contributed by atoms with Crippen molar-refractivity contribution >= 4 is 5.78 Å². The molecule has 0 aromatic rings. The van der Waals surface area contributed by atoms with Gasteiger partial charge >= 0.3 is 0 Å². The van der Waals surface area contributed by atoms with Gasteiger partial charge in [0, 0.05) is 6.42 Å². The van der Waals surface area contributed by atoms with Crippen molar-refractivity contribution in [1.82, 2.24) is 0 Å². The fraction of sp³-hybridized carbons (Fsp3) is 0.857. The van der Waals surface area contributed by atoms with Crippen LogP contribution in [0.4, 0.5) is 0 Å². The average Bonchev–Trinajstić information content (AvgIpc) is 2.93. The lowest BCUT2D eigenvalue weighted by Gasteiger charge is -2.16. The second kappa shape index (κ2) is 12.9. The molecule has 1 saturated carbocycles. The molecular weight excluding hydrogens is 268 g/mol. The Morgan fingerprint density at radius 1 is 1.00 bits per heavy atom. The Hall–Kier alpha value is -0.590. The fourth-order valence-electron chi connectivity index (χ4n) is 3.77. The molecule has 1 aliphatic rings. The number of Topliss-reactive ketones (excluding diaryl/α,β-unsaturated/α-hetero) is 1. The van der Waals surface area contributed by atoms with Gasteiger partial charge in [-0.15, -0.1) is 0 Å². The zero-order valence-electron chi connectivity index (χ0n) is 15.1. The lowest BCUT2D eigenvalue weighted by Crippen LogP contribution is -2.05. The summed E-state index contributed by atoms with van der Waals surface area (Å²) in [5.41, 5.74) is 0. The zero-order valence-corrected chi connectivity index (χ0v) is 15.1. The van der Waals surface area contributed by atoms with Crippen LogP contribution in [0.2, 0.25) is 0 Å². The largest absolute Gasteiger partial charge is 0.300 e. The highest BCUT2D eigenvalue weighted by Gasteiger charge is 2.24. The van der Waals surface area contributed by atoms with Gasteiger partial charge in [0.25, 0.3) is 0 Å². The minimum Gasteiger partial charge on any atom is -0.300 e. The number of hydrogen-bond acceptors (Lipinski definition) is 1. The van der Waals surface area contributed by atoms with E-state index in [4.69, 9.17) is 0 Å². The molecule has 0 saturated heterocycles. The predicted molar refractivity (Wildman–Crippen MR) is 97.1 cm³/mol. The van der Waals surface area contributed by atoms with Crippen molar-refractivity contribution in [2.24, 2.45) is 11.8 Å². The van der Waals surface area contributed by atoms with Gasteiger partial charge in [-0.25, -0.2) is 0 Å². The third-order valence-electron chi connectivity index (χ3n) is 5.18. The normalized spacial score (nSPS) is 21.7. The molecule has 0 bridgehead atoms. The standard InChI is InChI=1S/C21H38O/c1-3-4-5-6-7-11-15-20-17-13-18-21(20)16-12-9-8-10-14-19(2)22/h11,15,20-21H,3-10,12-14,16-18H2,1-2H3/b15-11+. The van der Waals surface area contributed by atoms with Gasteiger partial charge in [-0.3, -0.25) is 0 Å². The summed E-state index contributed by atoms with van der Waals surface area (Å²) >= 11 is 0. The van der Waals surface area contributed by atoms with Crippen molar-refractivity contribution in [2.45, 2.75) is 104 Å². The summed E-state index contributed by atoms with van der Waals surface area (Å²) in [4.78, 5) is 10.9. The van der Waals surface area contributed by atoms with E-state index in [1.54, 1.807) is 6.92 Å². The van der Waals surface area contributed by atoms with Gasteiger partial charge in [-0.05, 0) is 57.3 Å². The third-order valence-corrected chi connectivity index (χ3v) is 5.18. The van der Waals surface area contributed by atoms with Crippen LogP contribution in [0.1, 0.15) is 104 Å². The van der Waals surface area contributed by atoms with Gasteiger partial charge in [0.2, 0.25) is 0 Å². The average molecular weight is 307 g/mol. The highest BCUT2D eigenvalue weighted by atomic mass is 16.1. The van der Waals surface area contributed by atoms with E-state index in [2.05, 4.69) is 19.1 Å². The molecule has 0 N–H and O–H groups in total. The van der Waals surface area contributed by atoms with Crippen LogP contribution >= 0.6 is 0 Å². The van der Waals surface area contributed by atoms with E-state index in [-0.39, 0.29) is 0 Å². The first-order valence-corrected chi connectivity index (χ1v) is 9.90. The van der Waals surface area contributed by atoms with Gasteiger partial charge < -0.3 is 4.79 Å². The molecule has 0 aromatic carbocycles. The molecule has 0 amide bonds.